The highest BCUT2D eigenvalue weighted by Crippen LogP contribution is 2.19. The van der Waals surface area contributed by atoms with Crippen LogP contribution in [0.2, 0.25) is 5.02 Å². The number of phenols is 1. The van der Waals surface area contributed by atoms with Gasteiger partial charge in [-0.25, -0.2) is 0 Å². The maximum absolute atomic E-state index is 12.6. The van der Waals surface area contributed by atoms with Crippen LogP contribution in [0.5, 0.6) is 5.75 Å². The summed E-state index contributed by atoms with van der Waals surface area (Å²) in [4.78, 5) is 17.9. The smallest absolute Gasteiger partial charge is 0.277 e. The lowest BCUT2D eigenvalue weighted by Crippen LogP contribution is -3.09. The normalized spacial score (nSPS) is 15.8. The summed E-state index contributed by atoms with van der Waals surface area (Å²) in [6, 6.07) is 15.0. The van der Waals surface area contributed by atoms with Gasteiger partial charge in [0.1, 0.15) is 12.3 Å². The van der Waals surface area contributed by atoms with Gasteiger partial charge in [-0.2, -0.15) is 0 Å². The summed E-state index contributed by atoms with van der Waals surface area (Å²) >= 11 is 6.21. The first-order valence-electron chi connectivity index (χ1n) is 8.89. The molecule has 1 saturated heterocycles. The molecular formula is C20H25ClN3O2+. The van der Waals surface area contributed by atoms with Crippen LogP contribution in [-0.4, -0.2) is 55.7 Å². The van der Waals surface area contributed by atoms with E-state index in [1.165, 1.54) is 0 Å². The van der Waals surface area contributed by atoms with Gasteiger partial charge >= 0.3 is 0 Å². The van der Waals surface area contributed by atoms with Crippen LogP contribution in [0, 0.1) is 0 Å². The number of anilines is 1. The molecule has 0 aliphatic carbocycles. The number of carbonyl (C=O) groups is 1. The van der Waals surface area contributed by atoms with Crippen molar-refractivity contribution < 1.29 is 14.8 Å². The molecule has 6 heteroatoms. The molecule has 1 amide bonds. The third kappa shape index (κ3) is 4.68. The standard InChI is InChI=1S/C20H24ClN3O2/c1-22(14-16-4-2-3-5-19(16)21)15-20(26)24-12-10-23(11-13-24)17-6-8-18(25)9-7-17/h2-9,25H,10-15H2,1H3/p+1. The van der Waals surface area contributed by atoms with Crippen molar-refractivity contribution in [2.45, 2.75) is 6.54 Å². The van der Waals surface area contributed by atoms with E-state index in [4.69, 9.17) is 11.6 Å². The van der Waals surface area contributed by atoms with Gasteiger partial charge in [0.2, 0.25) is 0 Å². The second kappa shape index (κ2) is 8.43. The maximum atomic E-state index is 12.6. The van der Waals surface area contributed by atoms with E-state index < -0.39 is 0 Å². The van der Waals surface area contributed by atoms with Gasteiger partial charge in [-0.1, -0.05) is 29.8 Å². The Morgan fingerprint density at radius 3 is 2.38 bits per heavy atom. The van der Waals surface area contributed by atoms with Crippen LogP contribution >= 0.6 is 11.6 Å². The van der Waals surface area contributed by atoms with Crippen LogP contribution in [0.4, 0.5) is 5.69 Å². The molecule has 1 atom stereocenters. The third-order valence-corrected chi connectivity index (χ3v) is 5.12. The molecule has 3 rings (SSSR count). The van der Waals surface area contributed by atoms with Crippen LogP contribution in [-0.2, 0) is 11.3 Å². The largest absolute Gasteiger partial charge is 0.508 e. The van der Waals surface area contributed by atoms with Gasteiger partial charge < -0.3 is 19.8 Å². The number of rotatable bonds is 5. The third-order valence-electron chi connectivity index (χ3n) is 4.75. The van der Waals surface area contributed by atoms with Crippen molar-refractivity contribution in [1.82, 2.24) is 4.90 Å². The zero-order chi connectivity index (χ0) is 18.5. The minimum Gasteiger partial charge on any atom is -0.508 e. The summed E-state index contributed by atoms with van der Waals surface area (Å²) in [5.41, 5.74) is 2.15. The molecule has 0 aromatic heterocycles. The molecule has 1 aliphatic rings. The number of quaternary nitrogens is 1. The van der Waals surface area contributed by atoms with Crippen molar-refractivity contribution in [3.05, 3.63) is 59.1 Å². The average Bonchev–Trinajstić information content (AvgIpc) is 2.64. The molecule has 0 radical (unpaired) electrons. The number of amides is 1. The van der Waals surface area contributed by atoms with E-state index in [2.05, 4.69) is 4.90 Å². The molecule has 1 fully saturated rings. The van der Waals surface area contributed by atoms with Crippen molar-refractivity contribution in [2.24, 2.45) is 0 Å². The Balaban J connectivity index is 1.49. The first kappa shape index (κ1) is 18.5. The summed E-state index contributed by atoms with van der Waals surface area (Å²) < 4.78 is 0. The van der Waals surface area contributed by atoms with E-state index in [1.807, 2.05) is 48.3 Å². The maximum Gasteiger partial charge on any atom is 0.277 e. The molecule has 2 aromatic rings. The fourth-order valence-corrected chi connectivity index (χ4v) is 3.48. The second-order valence-corrected chi connectivity index (χ2v) is 7.19. The molecule has 0 bridgehead atoms. The molecule has 0 spiro atoms. The van der Waals surface area contributed by atoms with Gasteiger partial charge in [-0.3, -0.25) is 4.79 Å². The van der Waals surface area contributed by atoms with Crippen LogP contribution in [0.25, 0.3) is 0 Å². The van der Waals surface area contributed by atoms with E-state index in [9.17, 15) is 9.90 Å². The van der Waals surface area contributed by atoms with Crippen molar-refractivity contribution in [3.63, 3.8) is 0 Å². The van der Waals surface area contributed by atoms with Crippen molar-refractivity contribution in [3.8, 4) is 5.75 Å². The lowest BCUT2D eigenvalue weighted by molar-refractivity contribution is -0.885. The van der Waals surface area contributed by atoms with Crippen molar-refractivity contribution >= 4 is 23.2 Å². The molecule has 2 N–H and O–H groups in total. The fourth-order valence-electron chi connectivity index (χ4n) is 3.28. The summed E-state index contributed by atoms with van der Waals surface area (Å²) in [6.45, 7) is 4.25. The molecule has 138 valence electrons. The minimum atomic E-state index is 0.180. The Labute approximate surface area is 159 Å². The molecule has 5 nitrogen and oxygen atoms in total. The summed E-state index contributed by atoms with van der Waals surface area (Å²) in [5.74, 6) is 0.451. The highest BCUT2D eigenvalue weighted by atomic mass is 35.5. The quantitative estimate of drug-likeness (QED) is 0.832. The number of carbonyl (C=O) groups excluding carboxylic acids is 1. The number of hydrogen-bond acceptors (Lipinski definition) is 3. The predicted molar refractivity (Wildman–Crippen MR) is 104 cm³/mol. The Morgan fingerprint density at radius 1 is 1.08 bits per heavy atom. The van der Waals surface area contributed by atoms with E-state index in [0.29, 0.717) is 6.54 Å². The van der Waals surface area contributed by atoms with Crippen LogP contribution < -0.4 is 9.80 Å². The number of likely N-dealkylation sites (N-methyl/N-ethyl adjacent to an activating group) is 1. The lowest BCUT2D eigenvalue weighted by Gasteiger charge is -2.36. The SMILES string of the molecule is C[NH+](CC(=O)N1CCN(c2ccc(O)cc2)CC1)Cc1ccccc1Cl. The zero-order valence-electron chi connectivity index (χ0n) is 15.0. The van der Waals surface area contributed by atoms with Gasteiger partial charge in [0, 0.05) is 42.5 Å². The highest BCUT2D eigenvalue weighted by Gasteiger charge is 2.23. The summed E-state index contributed by atoms with van der Waals surface area (Å²) in [5, 5.41) is 10.1. The first-order valence-corrected chi connectivity index (χ1v) is 9.27. The second-order valence-electron chi connectivity index (χ2n) is 6.79. The first-order chi connectivity index (χ1) is 12.5. The topological polar surface area (TPSA) is 48.2 Å². The van der Waals surface area contributed by atoms with Crippen molar-refractivity contribution in [2.75, 3.05) is 44.7 Å². The molecule has 1 heterocycles. The fraction of sp³-hybridized carbons (Fsp3) is 0.350. The van der Waals surface area contributed by atoms with E-state index in [1.54, 1.807) is 12.1 Å². The van der Waals surface area contributed by atoms with Gasteiger partial charge in [0.15, 0.2) is 6.54 Å². The number of phenolic OH excluding ortho intramolecular Hbond substituents is 1. The predicted octanol–water partition coefficient (Wildman–Crippen LogP) is 1.41. The molecule has 2 aromatic carbocycles. The molecular weight excluding hydrogens is 350 g/mol. The van der Waals surface area contributed by atoms with Crippen LogP contribution in [0.15, 0.2) is 48.5 Å². The number of hydrogen-bond donors (Lipinski definition) is 2. The van der Waals surface area contributed by atoms with E-state index in [0.717, 1.165) is 53.9 Å². The summed E-state index contributed by atoms with van der Waals surface area (Å²) in [6.07, 6.45) is 0. The number of nitrogens with one attached hydrogen (secondary N) is 1. The van der Waals surface area contributed by atoms with Gasteiger partial charge in [-0.15, -0.1) is 0 Å². The van der Waals surface area contributed by atoms with Crippen LogP contribution in [0.3, 0.4) is 0 Å². The minimum absolute atomic E-state index is 0.180. The van der Waals surface area contributed by atoms with Gasteiger partial charge in [-0.05, 0) is 30.3 Å². The van der Waals surface area contributed by atoms with E-state index in [-0.39, 0.29) is 11.7 Å². The number of halogens is 1. The molecule has 0 saturated carbocycles. The molecule has 1 aliphatic heterocycles. The molecule has 1 unspecified atom stereocenters. The Bertz CT molecular complexity index is 743. The Kier molecular flexibility index (Phi) is 6.01. The monoisotopic (exact) mass is 374 g/mol. The Morgan fingerprint density at radius 2 is 1.73 bits per heavy atom. The number of nitrogens with zero attached hydrogens (tertiary/aromatic N) is 2. The Hall–Kier alpha value is -2.24. The number of piperazine rings is 1. The lowest BCUT2D eigenvalue weighted by atomic mass is 10.2. The van der Waals surface area contributed by atoms with E-state index >= 15 is 0 Å². The van der Waals surface area contributed by atoms with Crippen molar-refractivity contribution in [1.29, 1.82) is 0 Å². The van der Waals surface area contributed by atoms with Gasteiger partial charge in [0.05, 0.1) is 7.05 Å². The average molecular weight is 375 g/mol. The summed E-state index contributed by atoms with van der Waals surface area (Å²) in [7, 11) is 2.02. The number of benzene rings is 2. The highest BCUT2D eigenvalue weighted by molar-refractivity contribution is 6.31. The molecule has 26 heavy (non-hydrogen) atoms. The zero-order valence-corrected chi connectivity index (χ0v) is 15.7. The van der Waals surface area contributed by atoms with Gasteiger partial charge in [0.25, 0.3) is 5.91 Å². The number of aromatic hydroxyl groups is 1. The van der Waals surface area contributed by atoms with Crippen LogP contribution in [0.1, 0.15) is 5.56 Å².